The van der Waals surface area contributed by atoms with E-state index in [0.29, 0.717) is 13.1 Å². The van der Waals surface area contributed by atoms with Gasteiger partial charge in [-0.1, -0.05) is 6.07 Å². The average Bonchev–Trinajstić information content (AvgIpc) is 3.13. The summed E-state index contributed by atoms with van der Waals surface area (Å²) in [6, 6.07) is 5.96. The number of hydrogen-bond donors (Lipinski definition) is 2. The van der Waals surface area contributed by atoms with E-state index in [9.17, 15) is 4.79 Å². The smallest absolute Gasteiger partial charge is 0.317 e. The summed E-state index contributed by atoms with van der Waals surface area (Å²) in [6.07, 6.45) is 2.28. The van der Waals surface area contributed by atoms with Gasteiger partial charge in [0, 0.05) is 20.2 Å². The Morgan fingerprint density at radius 3 is 3.18 bits per heavy atom. The van der Waals surface area contributed by atoms with Crippen molar-refractivity contribution in [3.05, 3.63) is 29.6 Å². The molecule has 0 radical (unpaired) electrons. The highest BCUT2D eigenvalue weighted by atomic mass is 16.5. The van der Waals surface area contributed by atoms with E-state index in [1.54, 1.807) is 11.9 Å². The van der Waals surface area contributed by atoms with E-state index in [1.807, 2.05) is 19.1 Å². The third-order valence-electron chi connectivity index (χ3n) is 3.94. The molecule has 0 saturated carbocycles. The van der Waals surface area contributed by atoms with Gasteiger partial charge < -0.3 is 19.9 Å². The van der Waals surface area contributed by atoms with Gasteiger partial charge in [-0.2, -0.15) is 0 Å². The molecule has 2 N–H and O–H groups in total. The lowest BCUT2D eigenvalue weighted by Gasteiger charge is -2.20. The van der Waals surface area contributed by atoms with Crippen LogP contribution in [0.15, 0.2) is 18.2 Å². The molecule has 0 aliphatic carbocycles. The molecule has 1 aliphatic heterocycles. The van der Waals surface area contributed by atoms with E-state index in [4.69, 9.17) is 4.74 Å². The first-order chi connectivity index (χ1) is 10.6. The van der Waals surface area contributed by atoms with Gasteiger partial charge in [-0.15, -0.1) is 0 Å². The fourth-order valence-corrected chi connectivity index (χ4v) is 2.73. The van der Waals surface area contributed by atoms with E-state index >= 15 is 0 Å². The number of amides is 2. The number of imidazole rings is 1. The molecule has 118 valence electrons. The minimum absolute atomic E-state index is 0.105. The summed E-state index contributed by atoms with van der Waals surface area (Å²) < 4.78 is 5.55. The van der Waals surface area contributed by atoms with Crippen molar-refractivity contribution in [2.75, 3.05) is 20.2 Å². The van der Waals surface area contributed by atoms with Gasteiger partial charge in [0.1, 0.15) is 5.82 Å². The van der Waals surface area contributed by atoms with Crippen molar-refractivity contribution < 1.29 is 9.53 Å². The Morgan fingerprint density at radius 2 is 2.41 bits per heavy atom. The normalized spacial score (nSPS) is 17.8. The molecule has 1 fully saturated rings. The predicted octanol–water partition coefficient (Wildman–Crippen LogP) is 2.19. The third kappa shape index (κ3) is 3.39. The van der Waals surface area contributed by atoms with Crippen LogP contribution in [0.25, 0.3) is 11.0 Å². The standard InChI is InChI=1S/C16H22N4O2/c1-11-5-6-13-14(8-11)19-15(18-13)9-17-16(21)20(2)10-12-4-3-7-22-12/h5-6,8,12H,3-4,7,9-10H2,1-2H3,(H,17,21)(H,18,19)/t12-/m0/s1. The number of carbonyl (C=O) groups is 1. The van der Waals surface area contributed by atoms with E-state index in [2.05, 4.69) is 21.4 Å². The quantitative estimate of drug-likeness (QED) is 0.909. The molecule has 1 aromatic heterocycles. The Kier molecular flexibility index (Phi) is 4.29. The van der Waals surface area contributed by atoms with Crippen LogP contribution in [0.3, 0.4) is 0 Å². The Labute approximate surface area is 129 Å². The van der Waals surface area contributed by atoms with E-state index < -0.39 is 0 Å². The van der Waals surface area contributed by atoms with Gasteiger partial charge in [-0.3, -0.25) is 0 Å². The second kappa shape index (κ2) is 6.36. The van der Waals surface area contributed by atoms with E-state index in [1.165, 1.54) is 5.56 Å². The first kappa shape index (κ1) is 14.8. The fraction of sp³-hybridized carbons (Fsp3) is 0.500. The maximum atomic E-state index is 12.1. The van der Waals surface area contributed by atoms with Crippen molar-refractivity contribution in [3.8, 4) is 0 Å². The van der Waals surface area contributed by atoms with Crippen molar-refractivity contribution in [1.29, 1.82) is 0 Å². The number of urea groups is 1. The van der Waals surface area contributed by atoms with Crippen LogP contribution < -0.4 is 5.32 Å². The van der Waals surface area contributed by atoms with Crippen LogP contribution in [-0.2, 0) is 11.3 Å². The maximum absolute atomic E-state index is 12.1. The summed E-state index contributed by atoms with van der Waals surface area (Å²) in [5.41, 5.74) is 3.10. The number of nitrogens with one attached hydrogen (secondary N) is 2. The summed E-state index contributed by atoms with van der Waals surface area (Å²) in [7, 11) is 1.79. The molecule has 6 heteroatoms. The second-order valence-electron chi connectivity index (χ2n) is 5.88. The van der Waals surface area contributed by atoms with Crippen LogP contribution in [0.2, 0.25) is 0 Å². The molecule has 0 spiro atoms. The number of hydrogen-bond acceptors (Lipinski definition) is 3. The summed E-state index contributed by atoms with van der Waals surface area (Å²) in [4.78, 5) is 21.5. The lowest BCUT2D eigenvalue weighted by molar-refractivity contribution is 0.0874. The molecule has 3 rings (SSSR count). The van der Waals surface area contributed by atoms with Crippen LogP contribution in [0.4, 0.5) is 4.79 Å². The Balaban J connectivity index is 1.54. The molecule has 2 heterocycles. The number of aromatic nitrogens is 2. The largest absolute Gasteiger partial charge is 0.376 e. The van der Waals surface area contributed by atoms with Gasteiger partial charge in [0.25, 0.3) is 0 Å². The van der Waals surface area contributed by atoms with Crippen molar-refractivity contribution in [3.63, 3.8) is 0 Å². The highest BCUT2D eigenvalue weighted by molar-refractivity contribution is 5.76. The van der Waals surface area contributed by atoms with E-state index in [-0.39, 0.29) is 12.1 Å². The van der Waals surface area contributed by atoms with Crippen molar-refractivity contribution in [1.82, 2.24) is 20.2 Å². The molecule has 0 bridgehead atoms. The number of likely N-dealkylation sites (N-methyl/N-ethyl adjacent to an activating group) is 1. The second-order valence-corrected chi connectivity index (χ2v) is 5.88. The Hall–Kier alpha value is -2.08. The molecule has 1 aromatic carbocycles. The maximum Gasteiger partial charge on any atom is 0.317 e. The van der Waals surface area contributed by atoms with Crippen LogP contribution >= 0.6 is 0 Å². The highest BCUT2D eigenvalue weighted by Crippen LogP contribution is 2.14. The molecule has 2 amide bonds. The zero-order valence-electron chi connectivity index (χ0n) is 13.1. The first-order valence-corrected chi connectivity index (χ1v) is 7.67. The molecular formula is C16H22N4O2. The molecule has 1 atom stereocenters. The van der Waals surface area contributed by atoms with Crippen LogP contribution in [-0.4, -0.2) is 47.2 Å². The van der Waals surface area contributed by atoms with Crippen LogP contribution in [0, 0.1) is 6.92 Å². The molecule has 2 aromatic rings. The summed E-state index contributed by atoms with van der Waals surface area (Å²) in [5.74, 6) is 0.763. The minimum atomic E-state index is -0.105. The number of rotatable bonds is 4. The number of nitrogens with zero attached hydrogens (tertiary/aromatic N) is 2. The topological polar surface area (TPSA) is 70.2 Å². The fourth-order valence-electron chi connectivity index (χ4n) is 2.73. The molecule has 22 heavy (non-hydrogen) atoms. The highest BCUT2D eigenvalue weighted by Gasteiger charge is 2.20. The number of benzene rings is 1. The third-order valence-corrected chi connectivity index (χ3v) is 3.94. The Bertz CT molecular complexity index is 661. The monoisotopic (exact) mass is 302 g/mol. The molecule has 1 saturated heterocycles. The summed E-state index contributed by atoms with van der Waals surface area (Å²) >= 11 is 0. The molecule has 1 aliphatic rings. The summed E-state index contributed by atoms with van der Waals surface area (Å²) in [5, 5.41) is 2.89. The van der Waals surface area contributed by atoms with Crippen LogP contribution in [0.1, 0.15) is 24.2 Å². The van der Waals surface area contributed by atoms with Crippen molar-refractivity contribution in [2.45, 2.75) is 32.4 Å². The number of aromatic amines is 1. The average molecular weight is 302 g/mol. The SMILES string of the molecule is Cc1ccc2nc(CNC(=O)N(C)C[C@@H]3CCCO3)[nH]c2c1. The lowest BCUT2D eigenvalue weighted by atomic mass is 10.2. The van der Waals surface area contributed by atoms with Gasteiger partial charge in [0.15, 0.2) is 0 Å². The zero-order chi connectivity index (χ0) is 15.5. The zero-order valence-corrected chi connectivity index (χ0v) is 13.1. The van der Waals surface area contributed by atoms with Gasteiger partial charge in [0.05, 0.1) is 23.7 Å². The number of fused-ring (bicyclic) bond motifs is 1. The molecular weight excluding hydrogens is 280 g/mol. The Morgan fingerprint density at radius 1 is 1.55 bits per heavy atom. The van der Waals surface area contributed by atoms with Gasteiger partial charge in [-0.05, 0) is 37.5 Å². The number of H-pyrrole nitrogens is 1. The molecule has 0 unspecified atom stereocenters. The van der Waals surface area contributed by atoms with Crippen molar-refractivity contribution >= 4 is 17.1 Å². The minimum Gasteiger partial charge on any atom is -0.376 e. The van der Waals surface area contributed by atoms with Crippen molar-refractivity contribution in [2.24, 2.45) is 0 Å². The van der Waals surface area contributed by atoms with Gasteiger partial charge in [0.2, 0.25) is 0 Å². The predicted molar refractivity (Wildman–Crippen MR) is 84.7 cm³/mol. The number of aryl methyl sites for hydroxylation is 1. The summed E-state index contributed by atoms with van der Waals surface area (Å²) in [6.45, 7) is 3.87. The molecule has 6 nitrogen and oxygen atoms in total. The first-order valence-electron chi connectivity index (χ1n) is 7.67. The lowest BCUT2D eigenvalue weighted by Crippen LogP contribution is -2.41. The van der Waals surface area contributed by atoms with Gasteiger partial charge >= 0.3 is 6.03 Å². The number of ether oxygens (including phenoxy) is 1. The van der Waals surface area contributed by atoms with E-state index in [0.717, 1.165) is 36.3 Å². The van der Waals surface area contributed by atoms with Crippen LogP contribution in [0.5, 0.6) is 0 Å². The van der Waals surface area contributed by atoms with Gasteiger partial charge in [-0.25, -0.2) is 9.78 Å². The number of carbonyl (C=O) groups excluding carboxylic acids is 1.